The summed E-state index contributed by atoms with van der Waals surface area (Å²) >= 11 is 1.69. The summed E-state index contributed by atoms with van der Waals surface area (Å²) in [6.45, 7) is 6.34. The van der Waals surface area contributed by atoms with E-state index in [1.165, 1.54) is 5.56 Å². The second-order valence-electron chi connectivity index (χ2n) is 4.62. The fourth-order valence-electron chi connectivity index (χ4n) is 1.84. The van der Waals surface area contributed by atoms with Crippen LogP contribution in [0.2, 0.25) is 0 Å². The summed E-state index contributed by atoms with van der Waals surface area (Å²) in [4.78, 5) is 11.7. The van der Waals surface area contributed by atoms with Gasteiger partial charge in [-0.1, -0.05) is 43.7 Å². The molecule has 0 spiro atoms. The molecule has 2 nitrogen and oxygen atoms in total. The molecule has 18 heavy (non-hydrogen) atoms. The standard InChI is InChI=1S/C15H23NOS/c1-4-8-12(2)16-15(17)11-18-13(3)14-9-6-5-7-10-14/h5-7,9-10,12-13H,4,8,11H2,1-3H3,(H,16,17)/t12-,13+/m0/s1. The van der Waals surface area contributed by atoms with E-state index in [0.717, 1.165) is 12.8 Å². The average Bonchev–Trinajstić information content (AvgIpc) is 2.37. The first-order chi connectivity index (χ1) is 8.63. The molecule has 2 atom stereocenters. The zero-order valence-corrected chi connectivity index (χ0v) is 12.3. The van der Waals surface area contributed by atoms with Gasteiger partial charge in [-0.25, -0.2) is 0 Å². The molecule has 0 aliphatic rings. The zero-order chi connectivity index (χ0) is 13.4. The van der Waals surface area contributed by atoms with E-state index in [1.54, 1.807) is 11.8 Å². The summed E-state index contributed by atoms with van der Waals surface area (Å²) in [7, 11) is 0. The highest BCUT2D eigenvalue weighted by molar-refractivity contribution is 8.00. The Labute approximate surface area is 115 Å². The van der Waals surface area contributed by atoms with Gasteiger partial charge in [0.2, 0.25) is 5.91 Å². The lowest BCUT2D eigenvalue weighted by Crippen LogP contribution is -2.33. The van der Waals surface area contributed by atoms with Crippen LogP contribution >= 0.6 is 11.8 Å². The van der Waals surface area contributed by atoms with Crippen molar-refractivity contribution in [3.05, 3.63) is 35.9 Å². The van der Waals surface area contributed by atoms with Gasteiger partial charge in [0.15, 0.2) is 0 Å². The molecule has 1 aromatic rings. The highest BCUT2D eigenvalue weighted by Gasteiger charge is 2.10. The first-order valence-electron chi connectivity index (χ1n) is 6.59. The zero-order valence-electron chi connectivity index (χ0n) is 11.5. The molecule has 1 rings (SSSR count). The van der Waals surface area contributed by atoms with E-state index >= 15 is 0 Å². The van der Waals surface area contributed by atoms with Crippen molar-refractivity contribution in [3.63, 3.8) is 0 Å². The van der Waals surface area contributed by atoms with E-state index in [9.17, 15) is 4.79 Å². The molecule has 0 aromatic heterocycles. The smallest absolute Gasteiger partial charge is 0.230 e. The minimum absolute atomic E-state index is 0.142. The SMILES string of the molecule is CCC[C@H](C)NC(=O)CS[C@H](C)c1ccccc1. The Bertz CT molecular complexity index is 353. The lowest BCUT2D eigenvalue weighted by molar-refractivity contribution is -0.119. The van der Waals surface area contributed by atoms with Gasteiger partial charge in [-0.15, -0.1) is 11.8 Å². The second kappa shape index (κ2) is 8.20. The lowest BCUT2D eigenvalue weighted by atomic mass is 10.2. The van der Waals surface area contributed by atoms with Crippen molar-refractivity contribution < 1.29 is 4.79 Å². The van der Waals surface area contributed by atoms with Gasteiger partial charge in [0.25, 0.3) is 0 Å². The van der Waals surface area contributed by atoms with Crippen LogP contribution in [0.25, 0.3) is 0 Å². The second-order valence-corrected chi connectivity index (χ2v) is 5.95. The van der Waals surface area contributed by atoms with Gasteiger partial charge < -0.3 is 5.32 Å². The van der Waals surface area contributed by atoms with E-state index in [-0.39, 0.29) is 11.9 Å². The first-order valence-corrected chi connectivity index (χ1v) is 7.64. The predicted octanol–water partition coefficient (Wildman–Crippen LogP) is 3.79. The summed E-state index contributed by atoms with van der Waals surface area (Å²) < 4.78 is 0. The van der Waals surface area contributed by atoms with Gasteiger partial charge in [0, 0.05) is 11.3 Å². The van der Waals surface area contributed by atoms with Gasteiger partial charge in [0.1, 0.15) is 0 Å². The van der Waals surface area contributed by atoms with Crippen molar-refractivity contribution in [3.8, 4) is 0 Å². The minimum Gasteiger partial charge on any atom is -0.353 e. The van der Waals surface area contributed by atoms with Gasteiger partial charge >= 0.3 is 0 Å². The molecule has 0 radical (unpaired) electrons. The van der Waals surface area contributed by atoms with E-state index in [2.05, 4.69) is 38.2 Å². The molecule has 1 N–H and O–H groups in total. The van der Waals surface area contributed by atoms with Crippen LogP contribution in [0.3, 0.4) is 0 Å². The maximum absolute atomic E-state index is 11.7. The summed E-state index contributed by atoms with van der Waals surface area (Å²) in [6.07, 6.45) is 2.15. The number of rotatable bonds is 7. The van der Waals surface area contributed by atoms with Crippen LogP contribution < -0.4 is 5.32 Å². The maximum atomic E-state index is 11.7. The van der Waals surface area contributed by atoms with Gasteiger partial charge in [-0.05, 0) is 25.8 Å². The normalized spacial score (nSPS) is 13.9. The Hall–Kier alpha value is -0.960. The molecule has 0 aliphatic heterocycles. The highest BCUT2D eigenvalue weighted by Crippen LogP contribution is 2.27. The third-order valence-electron chi connectivity index (χ3n) is 2.86. The quantitative estimate of drug-likeness (QED) is 0.812. The summed E-state index contributed by atoms with van der Waals surface area (Å²) in [5.74, 6) is 0.674. The number of carbonyl (C=O) groups is 1. The average molecular weight is 265 g/mol. The number of benzene rings is 1. The molecule has 1 aromatic carbocycles. The first kappa shape index (κ1) is 15.1. The molecule has 0 saturated carbocycles. The Morgan fingerprint density at radius 3 is 2.56 bits per heavy atom. The van der Waals surface area contributed by atoms with Crippen molar-refractivity contribution in [1.82, 2.24) is 5.32 Å². The number of thioether (sulfide) groups is 1. The van der Waals surface area contributed by atoms with Gasteiger partial charge in [-0.3, -0.25) is 4.79 Å². The molecule has 1 amide bonds. The van der Waals surface area contributed by atoms with Crippen LogP contribution in [0.4, 0.5) is 0 Å². The molecule has 0 fully saturated rings. The summed E-state index contributed by atoms with van der Waals surface area (Å²) in [5, 5.41) is 3.39. The van der Waals surface area contributed by atoms with Crippen molar-refractivity contribution in [2.24, 2.45) is 0 Å². The van der Waals surface area contributed by atoms with Crippen LogP contribution in [0, 0.1) is 0 Å². The third kappa shape index (κ3) is 5.58. The molecular formula is C15H23NOS. The van der Waals surface area contributed by atoms with Crippen molar-refractivity contribution in [1.29, 1.82) is 0 Å². The Morgan fingerprint density at radius 2 is 1.94 bits per heavy atom. The van der Waals surface area contributed by atoms with Gasteiger partial charge in [-0.2, -0.15) is 0 Å². The van der Waals surface area contributed by atoms with Crippen molar-refractivity contribution in [2.75, 3.05) is 5.75 Å². The lowest BCUT2D eigenvalue weighted by Gasteiger charge is -2.14. The topological polar surface area (TPSA) is 29.1 Å². The monoisotopic (exact) mass is 265 g/mol. The van der Waals surface area contributed by atoms with Crippen LogP contribution in [-0.4, -0.2) is 17.7 Å². The highest BCUT2D eigenvalue weighted by atomic mass is 32.2. The minimum atomic E-state index is 0.142. The fraction of sp³-hybridized carbons (Fsp3) is 0.533. The Morgan fingerprint density at radius 1 is 1.28 bits per heavy atom. The Balaban J connectivity index is 2.30. The fourth-order valence-corrected chi connectivity index (χ4v) is 2.68. The molecule has 0 unspecified atom stereocenters. The molecule has 0 aliphatic carbocycles. The molecule has 0 heterocycles. The molecule has 0 bridgehead atoms. The number of hydrogen-bond acceptors (Lipinski definition) is 2. The van der Waals surface area contributed by atoms with Crippen LogP contribution in [0.15, 0.2) is 30.3 Å². The Kier molecular flexibility index (Phi) is 6.88. The van der Waals surface area contributed by atoms with Crippen LogP contribution in [-0.2, 0) is 4.79 Å². The van der Waals surface area contributed by atoms with Crippen molar-refractivity contribution >= 4 is 17.7 Å². The number of carbonyl (C=O) groups excluding carboxylic acids is 1. The van der Waals surface area contributed by atoms with Crippen molar-refractivity contribution in [2.45, 2.75) is 44.9 Å². The molecular weight excluding hydrogens is 242 g/mol. The number of nitrogens with one attached hydrogen (secondary N) is 1. The molecule has 0 saturated heterocycles. The van der Waals surface area contributed by atoms with E-state index in [0.29, 0.717) is 11.0 Å². The molecule has 3 heteroatoms. The van der Waals surface area contributed by atoms with Crippen LogP contribution in [0.5, 0.6) is 0 Å². The van der Waals surface area contributed by atoms with Crippen LogP contribution in [0.1, 0.15) is 44.4 Å². The number of amides is 1. The summed E-state index contributed by atoms with van der Waals surface area (Å²) in [6, 6.07) is 10.6. The number of hydrogen-bond donors (Lipinski definition) is 1. The van der Waals surface area contributed by atoms with E-state index in [1.807, 2.05) is 18.2 Å². The van der Waals surface area contributed by atoms with Gasteiger partial charge in [0.05, 0.1) is 5.75 Å². The molecule has 100 valence electrons. The summed E-state index contributed by atoms with van der Waals surface area (Å²) in [5.41, 5.74) is 1.27. The third-order valence-corrected chi connectivity index (χ3v) is 4.06. The maximum Gasteiger partial charge on any atom is 0.230 e. The van der Waals surface area contributed by atoms with E-state index < -0.39 is 0 Å². The largest absolute Gasteiger partial charge is 0.353 e. The predicted molar refractivity (Wildman–Crippen MR) is 79.8 cm³/mol. The van der Waals surface area contributed by atoms with E-state index in [4.69, 9.17) is 0 Å².